The second-order valence-electron chi connectivity index (χ2n) is 9.72. The maximum atomic E-state index is 14.3. The van der Waals surface area contributed by atoms with Crippen LogP contribution in [0.2, 0.25) is 0 Å². The average molecular weight is 496 g/mol. The van der Waals surface area contributed by atoms with Gasteiger partial charge in [-0.1, -0.05) is 6.07 Å². The lowest BCUT2D eigenvalue weighted by atomic mass is 9.80. The Kier molecular flexibility index (Phi) is 6.27. The van der Waals surface area contributed by atoms with Gasteiger partial charge in [-0.3, -0.25) is 9.78 Å². The van der Waals surface area contributed by atoms with Crippen LogP contribution in [-0.2, 0) is 11.2 Å². The van der Waals surface area contributed by atoms with Crippen molar-refractivity contribution in [1.82, 2.24) is 15.0 Å². The standard InChI is InChI=1S/C26H27F2N5O3/c1-26(35)21(30)10-20(36-24(26)13-5-6-13)15-7-8-31-11-14(15)9-19(34)23-18(29)12-32-25(33-23)22-16(27)3-2-4-17(22)28/h2-4,7-8,11-13,20-21,24,35H,5-6,9-10,29-30H2,1H3/t20-,21-,24-,26+/m1/s1. The first kappa shape index (κ1) is 24.4. The van der Waals surface area contributed by atoms with Gasteiger partial charge in [-0.05, 0) is 61.4 Å². The molecule has 4 atom stereocenters. The number of hydrogen-bond acceptors (Lipinski definition) is 8. The Bertz CT molecular complexity index is 1290. The van der Waals surface area contributed by atoms with Crippen molar-refractivity contribution in [3.63, 3.8) is 0 Å². The number of rotatable bonds is 6. The number of benzene rings is 1. The van der Waals surface area contributed by atoms with Gasteiger partial charge in [-0.15, -0.1) is 0 Å². The number of hydrogen-bond donors (Lipinski definition) is 3. The van der Waals surface area contributed by atoms with Gasteiger partial charge in [0.2, 0.25) is 0 Å². The molecule has 0 amide bonds. The lowest BCUT2D eigenvalue weighted by Gasteiger charge is -2.45. The Labute approximate surface area is 206 Å². The van der Waals surface area contributed by atoms with Crippen LogP contribution in [0.25, 0.3) is 11.4 Å². The largest absolute Gasteiger partial charge is 0.396 e. The number of nitrogens with two attached hydrogens (primary N) is 2. The number of carbonyl (C=O) groups excluding carboxylic acids is 1. The lowest BCUT2D eigenvalue weighted by Crippen LogP contribution is -2.60. The molecule has 0 bridgehead atoms. The van der Waals surface area contributed by atoms with Crippen LogP contribution < -0.4 is 11.5 Å². The van der Waals surface area contributed by atoms with Gasteiger partial charge in [0.25, 0.3) is 0 Å². The highest BCUT2D eigenvalue weighted by Gasteiger charge is 2.52. The molecule has 5 N–H and O–H groups in total. The highest BCUT2D eigenvalue weighted by Crippen LogP contribution is 2.47. The van der Waals surface area contributed by atoms with E-state index in [1.54, 1.807) is 25.4 Å². The number of nitrogen functional groups attached to an aromatic ring is 1. The number of halogens is 2. The average Bonchev–Trinajstić information content (AvgIpc) is 3.67. The smallest absolute Gasteiger partial charge is 0.187 e. The second kappa shape index (κ2) is 9.27. The van der Waals surface area contributed by atoms with Gasteiger partial charge >= 0.3 is 0 Å². The highest BCUT2D eigenvalue weighted by molar-refractivity contribution is 6.00. The normalized spacial score (nSPS) is 26.1. The van der Waals surface area contributed by atoms with Crippen molar-refractivity contribution in [2.45, 2.75) is 56.5 Å². The number of carbonyl (C=O) groups is 1. The molecule has 10 heteroatoms. The van der Waals surface area contributed by atoms with Crippen molar-refractivity contribution >= 4 is 11.5 Å². The molecule has 1 aliphatic carbocycles. The number of nitrogens with zero attached hydrogens (tertiary/aromatic N) is 3. The predicted molar refractivity (Wildman–Crippen MR) is 128 cm³/mol. The molecule has 3 aromatic rings. The fraction of sp³-hybridized carbons (Fsp3) is 0.385. The molecule has 5 rings (SSSR count). The number of pyridine rings is 1. The zero-order valence-electron chi connectivity index (χ0n) is 19.7. The summed E-state index contributed by atoms with van der Waals surface area (Å²) in [7, 11) is 0. The fourth-order valence-electron chi connectivity index (χ4n) is 4.84. The minimum atomic E-state index is -1.14. The van der Waals surface area contributed by atoms with Crippen molar-refractivity contribution in [3.05, 3.63) is 71.3 Å². The zero-order valence-corrected chi connectivity index (χ0v) is 19.7. The van der Waals surface area contributed by atoms with Crippen LogP contribution >= 0.6 is 0 Å². The Morgan fingerprint density at radius 3 is 2.64 bits per heavy atom. The van der Waals surface area contributed by atoms with Crippen LogP contribution in [0.15, 0.2) is 42.9 Å². The molecule has 3 heterocycles. The van der Waals surface area contributed by atoms with Gasteiger partial charge in [0.05, 0.1) is 29.7 Å². The zero-order chi connectivity index (χ0) is 25.6. The van der Waals surface area contributed by atoms with E-state index >= 15 is 0 Å². The Morgan fingerprint density at radius 2 is 1.94 bits per heavy atom. The third kappa shape index (κ3) is 4.47. The Balaban J connectivity index is 1.43. The Hall–Kier alpha value is -3.34. The summed E-state index contributed by atoms with van der Waals surface area (Å²) in [5.41, 5.74) is 11.9. The summed E-state index contributed by atoms with van der Waals surface area (Å²) in [4.78, 5) is 25.5. The first-order valence-corrected chi connectivity index (χ1v) is 11.8. The molecular formula is C26H27F2N5O3. The quantitative estimate of drug-likeness (QED) is 0.444. The van der Waals surface area contributed by atoms with Crippen LogP contribution in [-0.4, -0.2) is 43.6 Å². The van der Waals surface area contributed by atoms with Crippen LogP contribution in [0.1, 0.15) is 53.9 Å². The summed E-state index contributed by atoms with van der Waals surface area (Å²) in [6, 6.07) is 4.67. The van der Waals surface area contributed by atoms with Gasteiger partial charge in [0, 0.05) is 24.9 Å². The van der Waals surface area contributed by atoms with E-state index in [4.69, 9.17) is 16.2 Å². The molecule has 2 aromatic heterocycles. The lowest BCUT2D eigenvalue weighted by molar-refractivity contribution is -0.187. The van der Waals surface area contributed by atoms with Gasteiger partial charge in [-0.25, -0.2) is 18.7 Å². The molecule has 0 spiro atoms. The van der Waals surface area contributed by atoms with E-state index in [1.165, 1.54) is 6.07 Å². The molecule has 1 aliphatic heterocycles. The minimum Gasteiger partial charge on any atom is -0.396 e. The summed E-state index contributed by atoms with van der Waals surface area (Å²) in [6.45, 7) is 1.71. The molecule has 1 aromatic carbocycles. The minimum absolute atomic E-state index is 0.00767. The molecule has 1 saturated carbocycles. The fourth-order valence-corrected chi connectivity index (χ4v) is 4.84. The topological polar surface area (TPSA) is 137 Å². The van der Waals surface area contributed by atoms with Crippen molar-refractivity contribution in [2.75, 3.05) is 5.73 Å². The first-order chi connectivity index (χ1) is 17.2. The monoisotopic (exact) mass is 495 g/mol. The van der Waals surface area contributed by atoms with Crippen molar-refractivity contribution in [3.8, 4) is 11.4 Å². The van der Waals surface area contributed by atoms with E-state index < -0.39 is 46.8 Å². The predicted octanol–water partition coefficient (Wildman–Crippen LogP) is 3.14. The van der Waals surface area contributed by atoms with Crippen LogP contribution in [0.5, 0.6) is 0 Å². The molecule has 1 saturated heterocycles. The van der Waals surface area contributed by atoms with Crippen LogP contribution in [0, 0.1) is 17.6 Å². The summed E-state index contributed by atoms with van der Waals surface area (Å²) >= 11 is 0. The number of aliphatic hydroxyl groups is 1. The number of anilines is 1. The summed E-state index contributed by atoms with van der Waals surface area (Å²) in [5, 5.41) is 10.9. The highest BCUT2D eigenvalue weighted by atomic mass is 19.1. The van der Waals surface area contributed by atoms with E-state index in [2.05, 4.69) is 15.0 Å². The summed E-state index contributed by atoms with van der Waals surface area (Å²) in [5.74, 6) is -2.18. The summed E-state index contributed by atoms with van der Waals surface area (Å²) < 4.78 is 34.9. The number of ether oxygens (including phenoxy) is 1. The van der Waals surface area contributed by atoms with Crippen molar-refractivity contribution < 1.29 is 23.4 Å². The van der Waals surface area contributed by atoms with Gasteiger partial charge < -0.3 is 21.3 Å². The molecule has 0 unspecified atom stereocenters. The molecule has 0 radical (unpaired) electrons. The summed E-state index contributed by atoms with van der Waals surface area (Å²) in [6.07, 6.45) is 5.69. The Morgan fingerprint density at radius 1 is 1.22 bits per heavy atom. The molecule has 36 heavy (non-hydrogen) atoms. The SMILES string of the molecule is C[C@]1(O)[C@H](N)C[C@H](c2ccncc2CC(=O)c2nc(-c3c(F)cccc3F)ncc2N)O[C@@H]1C1CC1. The number of aromatic nitrogens is 3. The maximum Gasteiger partial charge on any atom is 0.187 e. The van der Waals surface area contributed by atoms with Crippen molar-refractivity contribution in [1.29, 1.82) is 0 Å². The number of Topliss-reactive ketones (excluding diaryl/α,β-unsaturated/α-hetero) is 1. The van der Waals surface area contributed by atoms with E-state index in [0.717, 1.165) is 36.7 Å². The molecular weight excluding hydrogens is 468 g/mol. The maximum absolute atomic E-state index is 14.3. The first-order valence-electron chi connectivity index (χ1n) is 11.8. The van der Waals surface area contributed by atoms with Crippen molar-refractivity contribution in [2.24, 2.45) is 11.7 Å². The van der Waals surface area contributed by atoms with E-state index in [-0.39, 0.29) is 29.5 Å². The number of ketones is 1. The van der Waals surface area contributed by atoms with Gasteiger partial charge in [0.15, 0.2) is 11.6 Å². The van der Waals surface area contributed by atoms with E-state index in [0.29, 0.717) is 12.0 Å². The molecule has 8 nitrogen and oxygen atoms in total. The molecule has 2 aliphatic rings. The molecule has 2 fully saturated rings. The third-order valence-corrected chi connectivity index (χ3v) is 7.06. The van der Waals surface area contributed by atoms with E-state index in [9.17, 15) is 18.7 Å². The van der Waals surface area contributed by atoms with E-state index in [1.807, 2.05) is 0 Å². The van der Waals surface area contributed by atoms with Crippen LogP contribution in [0.3, 0.4) is 0 Å². The van der Waals surface area contributed by atoms with Gasteiger partial charge in [-0.2, -0.15) is 0 Å². The second-order valence-corrected chi connectivity index (χ2v) is 9.72. The van der Waals surface area contributed by atoms with Gasteiger partial charge in [0.1, 0.15) is 22.9 Å². The third-order valence-electron chi connectivity index (χ3n) is 7.06. The molecule has 188 valence electrons. The van der Waals surface area contributed by atoms with Crippen LogP contribution in [0.4, 0.5) is 14.5 Å².